The van der Waals surface area contributed by atoms with Gasteiger partial charge in [-0.2, -0.15) is 4.39 Å². The molecule has 2 aromatic rings. The van der Waals surface area contributed by atoms with Crippen molar-refractivity contribution < 1.29 is 18.0 Å². The highest BCUT2D eigenvalue weighted by Crippen LogP contribution is 2.39. The van der Waals surface area contributed by atoms with E-state index in [0.29, 0.717) is 12.5 Å². The minimum absolute atomic E-state index is 0.0333. The molecule has 1 saturated carbocycles. The molecule has 7 nitrogen and oxygen atoms in total. The number of benzene rings is 1. The van der Waals surface area contributed by atoms with Crippen LogP contribution in [0.15, 0.2) is 30.6 Å². The summed E-state index contributed by atoms with van der Waals surface area (Å²) in [7, 11) is 0. The first-order chi connectivity index (χ1) is 16.3. The van der Waals surface area contributed by atoms with Crippen LogP contribution in [0.3, 0.4) is 0 Å². The van der Waals surface area contributed by atoms with Crippen LogP contribution in [0, 0.1) is 11.7 Å². The van der Waals surface area contributed by atoms with Gasteiger partial charge in [0.2, 0.25) is 11.7 Å². The minimum Gasteiger partial charge on any atom is -0.369 e. The molecule has 10 heteroatoms. The number of rotatable bonds is 10. The molecule has 2 heterocycles. The molecule has 0 bridgehead atoms. The Morgan fingerprint density at radius 3 is 2.38 bits per heavy atom. The zero-order chi connectivity index (χ0) is 24.2. The van der Waals surface area contributed by atoms with Crippen LogP contribution >= 0.6 is 0 Å². The van der Waals surface area contributed by atoms with E-state index in [9.17, 15) is 13.6 Å². The number of hydrogen-bond donors (Lipinski definition) is 2. The topological polar surface area (TPSA) is 87.4 Å². The summed E-state index contributed by atoms with van der Waals surface area (Å²) < 4.78 is 41.4. The molecular formula is C24H31F3N6O. The summed E-state index contributed by atoms with van der Waals surface area (Å²) in [6.45, 7) is 4.34. The third-order valence-corrected chi connectivity index (χ3v) is 6.69. The summed E-state index contributed by atoms with van der Waals surface area (Å²) in [4.78, 5) is 23.4. The maximum atomic E-state index is 15.5. The molecule has 1 aromatic heterocycles. The van der Waals surface area contributed by atoms with E-state index in [1.54, 1.807) is 12.1 Å². The fourth-order valence-electron chi connectivity index (χ4n) is 4.58. The number of nitrogens with two attached hydrogens (primary N) is 1. The summed E-state index contributed by atoms with van der Waals surface area (Å²) in [5.41, 5.74) is 6.06. The van der Waals surface area contributed by atoms with Gasteiger partial charge in [-0.1, -0.05) is 24.3 Å². The number of amides is 1. The molecule has 34 heavy (non-hydrogen) atoms. The van der Waals surface area contributed by atoms with Crippen molar-refractivity contribution in [2.75, 3.05) is 36.4 Å². The summed E-state index contributed by atoms with van der Waals surface area (Å²) >= 11 is 0. The number of likely N-dealkylation sites (tertiary alicyclic amines) is 1. The molecular weight excluding hydrogens is 445 g/mol. The Labute approximate surface area is 197 Å². The molecule has 1 aliphatic carbocycles. The number of nitrogens with one attached hydrogen (secondary N) is 1. The van der Waals surface area contributed by atoms with Gasteiger partial charge in [0.15, 0.2) is 11.6 Å². The number of primary amides is 1. The van der Waals surface area contributed by atoms with Gasteiger partial charge in [-0.05, 0) is 57.2 Å². The first-order valence-electron chi connectivity index (χ1n) is 11.7. The van der Waals surface area contributed by atoms with Gasteiger partial charge in [0, 0.05) is 18.2 Å². The summed E-state index contributed by atoms with van der Waals surface area (Å²) in [6.07, 6.45) is 2.47. The van der Waals surface area contributed by atoms with Gasteiger partial charge in [0.1, 0.15) is 6.33 Å². The molecule has 0 spiro atoms. The Morgan fingerprint density at radius 1 is 1.15 bits per heavy atom. The van der Waals surface area contributed by atoms with Crippen LogP contribution in [0.1, 0.15) is 56.2 Å². The van der Waals surface area contributed by atoms with Crippen LogP contribution in [0.25, 0.3) is 0 Å². The number of carbonyl (C=O) groups excluding carboxylic acids is 1. The van der Waals surface area contributed by atoms with E-state index in [4.69, 9.17) is 5.73 Å². The SMILES string of the molecule is CC(c1ccc(C(F)F)cc1)N(c1ncnc(NCC2CCN(CC(N)=O)CC2)c1F)C1CC1. The van der Waals surface area contributed by atoms with E-state index in [0.717, 1.165) is 44.3 Å². The molecule has 4 rings (SSSR count). The Bertz CT molecular complexity index is 977. The van der Waals surface area contributed by atoms with Gasteiger partial charge in [0.05, 0.1) is 12.6 Å². The first kappa shape index (κ1) is 24.3. The first-order valence-corrected chi connectivity index (χ1v) is 11.7. The number of nitrogens with zero attached hydrogens (tertiary/aromatic N) is 4. The predicted octanol–water partition coefficient (Wildman–Crippen LogP) is 3.89. The molecule has 1 atom stereocenters. The number of carbonyl (C=O) groups is 1. The van der Waals surface area contributed by atoms with Crippen molar-refractivity contribution in [2.24, 2.45) is 11.7 Å². The third kappa shape index (κ3) is 5.78. The average Bonchev–Trinajstić information content (AvgIpc) is 3.65. The zero-order valence-corrected chi connectivity index (χ0v) is 19.3. The maximum Gasteiger partial charge on any atom is 0.263 e. The van der Waals surface area contributed by atoms with Crippen LogP contribution in [0.2, 0.25) is 0 Å². The van der Waals surface area contributed by atoms with E-state index >= 15 is 4.39 Å². The third-order valence-electron chi connectivity index (χ3n) is 6.69. The number of anilines is 2. The lowest BCUT2D eigenvalue weighted by Gasteiger charge is -2.32. The Balaban J connectivity index is 1.44. The van der Waals surface area contributed by atoms with Gasteiger partial charge in [-0.3, -0.25) is 9.69 Å². The van der Waals surface area contributed by atoms with Crippen molar-refractivity contribution >= 4 is 17.5 Å². The van der Waals surface area contributed by atoms with Crippen molar-refractivity contribution in [3.8, 4) is 0 Å². The Kier molecular flexibility index (Phi) is 7.55. The quantitative estimate of drug-likeness (QED) is 0.541. The van der Waals surface area contributed by atoms with Crippen LogP contribution in [-0.2, 0) is 4.79 Å². The second-order valence-corrected chi connectivity index (χ2v) is 9.21. The fourth-order valence-corrected chi connectivity index (χ4v) is 4.58. The Morgan fingerprint density at radius 2 is 1.79 bits per heavy atom. The number of halogens is 3. The molecule has 1 unspecified atom stereocenters. The van der Waals surface area contributed by atoms with E-state index in [1.165, 1.54) is 18.5 Å². The molecule has 2 fully saturated rings. The second kappa shape index (κ2) is 10.6. The van der Waals surface area contributed by atoms with Crippen molar-refractivity contribution in [1.82, 2.24) is 14.9 Å². The lowest BCUT2D eigenvalue weighted by atomic mass is 9.97. The number of alkyl halides is 2. The maximum absolute atomic E-state index is 15.5. The van der Waals surface area contributed by atoms with Crippen molar-refractivity contribution in [1.29, 1.82) is 0 Å². The molecule has 1 saturated heterocycles. The number of aromatic nitrogens is 2. The fraction of sp³-hybridized carbons (Fsp3) is 0.542. The molecule has 2 aliphatic rings. The van der Waals surface area contributed by atoms with Crippen LogP contribution in [0.4, 0.5) is 24.8 Å². The molecule has 0 radical (unpaired) electrons. The smallest absolute Gasteiger partial charge is 0.263 e. The van der Waals surface area contributed by atoms with Gasteiger partial charge >= 0.3 is 0 Å². The van der Waals surface area contributed by atoms with E-state index in [2.05, 4.69) is 15.3 Å². The van der Waals surface area contributed by atoms with E-state index in [-0.39, 0.29) is 41.7 Å². The van der Waals surface area contributed by atoms with Crippen LogP contribution in [-0.4, -0.2) is 53.0 Å². The van der Waals surface area contributed by atoms with E-state index in [1.807, 2.05) is 16.7 Å². The van der Waals surface area contributed by atoms with Gasteiger partial charge in [-0.25, -0.2) is 18.7 Å². The lowest BCUT2D eigenvalue weighted by Crippen LogP contribution is -2.40. The number of hydrogen-bond acceptors (Lipinski definition) is 6. The highest BCUT2D eigenvalue weighted by atomic mass is 19.3. The predicted molar refractivity (Wildman–Crippen MR) is 124 cm³/mol. The highest BCUT2D eigenvalue weighted by Gasteiger charge is 2.36. The summed E-state index contributed by atoms with van der Waals surface area (Å²) in [5, 5.41) is 3.15. The molecule has 1 aliphatic heterocycles. The molecule has 184 valence electrons. The lowest BCUT2D eigenvalue weighted by molar-refractivity contribution is -0.119. The zero-order valence-electron chi connectivity index (χ0n) is 19.3. The van der Waals surface area contributed by atoms with Crippen LogP contribution in [0.5, 0.6) is 0 Å². The summed E-state index contributed by atoms with van der Waals surface area (Å²) in [5.74, 6) is -0.103. The molecule has 1 aromatic carbocycles. The van der Waals surface area contributed by atoms with E-state index < -0.39 is 12.2 Å². The number of piperidine rings is 1. The standard InChI is InChI=1S/C24H31F3N6O/c1-15(17-2-4-18(5-3-17)22(26)27)33(19-6-7-19)24-21(25)23(30-14-31-24)29-12-16-8-10-32(11-9-16)13-20(28)34/h2-5,14-16,19,22H,6-13H2,1H3,(H2,28,34)(H,29,30,31). The van der Waals surface area contributed by atoms with Crippen molar-refractivity contribution in [2.45, 2.75) is 51.1 Å². The second-order valence-electron chi connectivity index (χ2n) is 9.21. The normalized spacial score (nSPS) is 18.1. The van der Waals surface area contributed by atoms with Gasteiger partial charge < -0.3 is 16.0 Å². The van der Waals surface area contributed by atoms with Gasteiger partial charge in [-0.15, -0.1) is 0 Å². The Hall–Kier alpha value is -2.88. The minimum atomic E-state index is -2.52. The largest absolute Gasteiger partial charge is 0.369 e. The molecule has 3 N–H and O–H groups in total. The molecule has 1 amide bonds. The van der Waals surface area contributed by atoms with Crippen molar-refractivity contribution in [3.63, 3.8) is 0 Å². The highest BCUT2D eigenvalue weighted by molar-refractivity contribution is 5.75. The van der Waals surface area contributed by atoms with Crippen molar-refractivity contribution in [3.05, 3.63) is 47.5 Å². The van der Waals surface area contributed by atoms with Gasteiger partial charge in [0.25, 0.3) is 6.43 Å². The monoisotopic (exact) mass is 476 g/mol. The summed E-state index contributed by atoms with van der Waals surface area (Å²) in [6, 6.07) is 6.09. The average molecular weight is 477 g/mol. The van der Waals surface area contributed by atoms with Crippen LogP contribution < -0.4 is 16.0 Å².